The van der Waals surface area contributed by atoms with E-state index in [2.05, 4.69) is 20.2 Å². The van der Waals surface area contributed by atoms with Gasteiger partial charge < -0.3 is 10.1 Å². The van der Waals surface area contributed by atoms with Crippen LogP contribution in [0.2, 0.25) is 5.02 Å². The van der Waals surface area contributed by atoms with Gasteiger partial charge in [0.15, 0.2) is 0 Å². The van der Waals surface area contributed by atoms with Crippen LogP contribution in [-0.2, 0) is 6.54 Å². The Morgan fingerprint density at radius 3 is 2.88 bits per heavy atom. The molecule has 7 heteroatoms. The first-order chi connectivity index (χ1) is 12.1. The highest BCUT2D eigenvalue weighted by Crippen LogP contribution is 2.26. The first-order valence-corrected chi connectivity index (χ1v) is 8.97. The molecular formula is C18H23ClN4O2. The van der Waals surface area contributed by atoms with E-state index in [9.17, 15) is 4.79 Å². The predicted octanol–water partition coefficient (Wildman–Crippen LogP) is 2.90. The Balaban J connectivity index is 1.52. The summed E-state index contributed by atoms with van der Waals surface area (Å²) in [6.07, 6.45) is 3.53. The van der Waals surface area contributed by atoms with E-state index >= 15 is 0 Å². The topological polar surface area (TPSA) is 70.2 Å². The Labute approximate surface area is 152 Å². The molecule has 0 amide bonds. The van der Waals surface area contributed by atoms with Crippen LogP contribution in [0.15, 0.2) is 35.3 Å². The second-order valence-corrected chi connectivity index (χ2v) is 6.58. The number of piperidine rings is 1. The van der Waals surface area contributed by atoms with Crippen molar-refractivity contribution in [1.29, 1.82) is 0 Å². The van der Waals surface area contributed by atoms with E-state index in [1.807, 2.05) is 25.1 Å². The average Bonchev–Trinajstić information content (AvgIpc) is 2.60. The van der Waals surface area contributed by atoms with Gasteiger partial charge in [-0.15, -0.1) is 0 Å². The van der Waals surface area contributed by atoms with Gasteiger partial charge in [0.05, 0.1) is 11.6 Å². The molecule has 1 aliphatic rings. The standard InChI is InChI=1S/C18H23ClN4O2/c1-2-25-16-11-13(3-4-15(16)19)12-23-9-6-14(7-10-23)21-18-20-8-5-17(24)22-18/h3-5,8,11,14H,2,6-7,9-10,12H2,1H3,(H2,20,21,22,24). The van der Waals surface area contributed by atoms with Gasteiger partial charge in [-0.1, -0.05) is 17.7 Å². The largest absolute Gasteiger partial charge is 0.492 e. The fraction of sp³-hybridized carbons (Fsp3) is 0.444. The maximum absolute atomic E-state index is 11.3. The lowest BCUT2D eigenvalue weighted by molar-refractivity contribution is 0.210. The Hall–Kier alpha value is -2.05. The van der Waals surface area contributed by atoms with Crippen LogP contribution in [0.1, 0.15) is 25.3 Å². The number of likely N-dealkylation sites (tertiary alicyclic amines) is 1. The summed E-state index contributed by atoms with van der Waals surface area (Å²) in [6.45, 7) is 5.42. The minimum atomic E-state index is -0.136. The maximum Gasteiger partial charge on any atom is 0.252 e. The van der Waals surface area contributed by atoms with Gasteiger partial charge in [-0.25, -0.2) is 4.98 Å². The van der Waals surface area contributed by atoms with E-state index in [4.69, 9.17) is 16.3 Å². The van der Waals surface area contributed by atoms with Crippen LogP contribution >= 0.6 is 11.6 Å². The Morgan fingerprint density at radius 2 is 2.16 bits per heavy atom. The van der Waals surface area contributed by atoms with Gasteiger partial charge in [0.25, 0.3) is 5.56 Å². The van der Waals surface area contributed by atoms with Gasteiger partial charge in [-0.05, 0) is 37.5 Å². The van der Waals surface area contributed by atoms with Crippen molar-refractivity contribution in [2.75, 3.05) is 25.0 Å². The molecule has 1 aromatic heterocycles. The number of halogens is 1. The summed E-state index contributed by atoms with van der Waals surface area (Å²) >= 11 is 6.15. The van der Waals surface area contributed by atoms with Crippen molar-refractivity contribution in [3.05, 3.63) is 51.4 Å². The van der Waals surface area contributed by atoms with Gasteiger partial charge in [-0.3, -0.25) is 14.7 Å². The zero-order valence-electron chi connectivity index (χ0n) is 14.3. The number of rotatable bonds is 6. The Bertz CT molecular complexity index is 757. The summed E-state index contributed by atoms with van der Waals surface area (Å²) in [5.41, 5.74) is 1.07. The summed E-state index contributed by atoms with van der Waals surface area (Å²) in [6, 6.07) is 7.71. The molecule has 1 fully saturated rings. The zero-order chi connectivity index (χ0) is 17.6. The fourth-order valence-corrected chi connectivity index (χ4v) is 3.21. The third kappa shape index (κ3) is 4.96. The van der Waals surface area contributed by atoms with Crippen molar-refractivity contribution in [3.8, 4) is 5.75 Å². The molecule has 2 heterocycles. The third-order valence-electron chi connectivity index (χ3n) is 4.30. The molecule has 2 N–H and O–H groups in total. The molecule has 1 aromatic carbocycles. The number of aromatic nitrogens is 2. The number of nitrogens with one attached hydrogen (secondary N) is 2. The molecule has 0 radical (unpaired) electrons. The highest BCUT2D eigenvalue weighted by Gasteiger charge is 2.20. The number of aromatic amines is 1. The smallest absolute Gasteiger partial charge is 0.252 e. The number of benzene rings is 1. The number of nitrogens with zero attached hydrogens (tertiary/aromatic N) is 2. The van der Waals surface area contributed by atoms with E-state index in [0.29, 0.717) is 23.6 Å². The molecule has 0 saturated carbocycles. The summed E-state index contributed by atoms with van der Waals surface area (Å²) < 4.78 is 5.56. The molecule has 3 rings (SSSR count). The van der Waals surface area contributed by atoms with E-state index < -0.39 is 0 Å². The summed E-state index contributed by atoms with van der Waals surface area (Å²) in [5.74, 6) is 1.29. The van der Waals surface area contributed by atoms with Crippen LogP contribution in [0.25, 0.3) is 0 Å². The SMILES string of the molecule is CCOc1cc(CN2CCC(Nc3nccc(=O)[nH]3)CC2)ccc1Cl. The Morgan fingerprint density at radius 1 is 1.36 bits per heavy atom. The minimum Gasteiger partial charge on any atom is -0.492 e. The van der Waals surface area contributed by atoms with Crippen LogP contribution in [-0.4, -0.2) is 40.6 Å². The van der Waals surface area contributed by atoms with E-state index in [1.54, 1.807) is 0 Å². The number of hydrogen-bond donors (Lipinski definition) is 2. The number of hydrogen-bond acceptors (Lipinski definition) is 5. The number of ether oxygens (including phenoxy) is 1. The van der Waals surface area contributed by atoms with Crippen molar-refractivity contribution in [2.45, 2.75) is 32.4 Å². The monoisotopic (exact) mass is 362 g/mol. The van der Waals surface area contributed by atoms with Crippen molar-refractivity contribution in [1.82, 2.24) is 14.9 Å². The van der Waals surface area contributed by atoms with E-state index in [0.717, 1.165) is 38.2 Å². The maximum atomic E-state index is 11.3. The zero-order valence-corrected chi connectivity index (χ0v) is 15.1. The molecule has 0 atom stereocenters. The van der Waals surface area contributed by atoms with Crippen LogP contribution in [0.5, 0.6) is 5.75 Å². The highest BCUT2D eigenvalue weighted by molar-refractivity contribution is 6.32. The van der Waals surface area contributed by atoms with Crippen molar-refractivity contribution in [2.24, 2.45) is 0 Å². The summed E-state index contributed by atoms with van der Waals surface area (Å²) in [5, 5.41) is 3.96. The molecule has 0 aliphatic carbocycles. The van der Waals surface area contributed by atoms with E-state index in [-0.39, 0.29) is 5.56 Å². The van der Waals surface area contributed by atoms with Crippen molar-refractivity contribution in [3.63, 3.8) is 0 Å². The van der Waals surface area contributed by atoms with Crippen LogP contribution in [0.3, 0.4) is 0 Å². The second-order valence-electron chi connectivity index (χ2n) is 6.18. The van der Waals surface area contributed by atoms with Crippen LogP contribution in [0, 0.1) is 0 Å². The first kappa shape index (κ1) is 17.8. The van der Waals surface area contributed by atoms with Crippen LogP contribution < -0.4 is 15.6 Å². The predicted molar refractivity (Wildman–Crippen MR) is 99.4 cm³/mol. The normalized spacial score (nSPS) is 15.9. The number of anilines is 1. The van der Waals surface area contributed by atoms with Crippen molar-refractivity contribution < 1.29 is 4.74 Å². The molecule has 1 aliphatic heterocycles. The molecule has 0 bridgehead atoms. The average molecular weight is 363 g/mol. The molecule has 134 valence electrons. The molecule has 0 spiro atoms. The molecule has 1 saturated heterocycles. The molecule has 0 unspecified atom stereocenters. The lowest BCUT2D eigenvalue weighted by Gasteiger charge is -2.32. The number of H-pyrrole nitrogens is 1. The summed E-state index contributed by atoms with van der Waals surface area (Å²) in [4.78, 5) is 20.6. The fourth-order valence-electron chi connectivity index (χ4n) is 3.04. The van der Waals surface area contributed by atoms with Gasteiger partial charge in [0, 0.05) is 37.9 Å². The Kier molecular flexibility index (Phi) is 5.94. The second kappa shape index (κ2) is 8.36. The third-order valence-corrected chi connectivity index (χ3v) is 4.61. The molecular weight excluding hydrogens is 340 g/mol. The molecule has 25 heavy (non-hydrogen) atoms. The first-order valence-electron chi connectivity index (χ1n) is 8.59. The van der Waals surface area contributed by atoms with Gasteiger partial charge in [0.2, 0.25) is 5.95 Å². The summed E-state index contributed by atoms with van der Waals surface area (Å²) in [7, 11) is 0. The van der Waals surface area contributed by atoms with Crippen LogP contribution in [0.4, 0.5) is 5.95 Å². The molecule has 2 aromatic rings. The highest BCUT2D eigenvalue weighted by atomic mass is 35.5. The minimum absolute atomic E-state index is 0.136. The van der Waals surface area contributed by atoms with Crippen molar-refractivity contribution >= 4 is 17.5 Å². The van der Waals surface area contributed by atoms with Gasteiger partial charge >= 0.3 is 0 Å². The quantitative estimate of drug-likeness (QED) is 0.826. The van der Waals surface area contributed by atoms with Gasteiger partial charge in [0.1, 0.15) is 5.75 Å². The lowest BCUT2D eigenvalue weighted by atomic mass is 10.0. The van der Waals surface area contributed by atoms with E-state index in [1.165, 1.54) is 17.8 Å². The van der Waals surface area contributed by atoms with Gasteiger partial charge in [-0.2, -0.15) is 0 Å². The molecule has 6 nitrogen and oxygen atoms in total. The lowest BCUT2D eigenvalue weighted by Crippen LogP contribution is -2.39.